The zero-order valence-corrected chi connectivity index (χ0v) is 54.6. The largest absolute Gasteiger partial charge is 0.244 e. The molecule has 0 saturated heterocycles. The summed E-state index contributed by atoms with van der Waals surface area (Å²) >= 11 is 8.74. The molecular weight excluding hydrogens is 1020 g/mol. The number of aromatic nitrogens is 7. The third-order valence-electron chi connectivity index (χ3n) is 9.42. The molecule has 0 unspecified atom stereocenters. The molecular formula is C63H93N7S5. The molecule has 10 aromatic rings. The molecule has 7 heterocycles. The van der Waals surface area contributed by atoms with Crippen molar-refractivity contribution in [2.24, 2.45) is 0 Å². The van der Waals surface area contributed by atoms with E-state index in [2.05, 4.69) is 193 Å². The Morgan fingerprint density at radius 2 is 0.453 bits per heavy atom. The first kappa shape index (κ1) is 68.4. The molecule has 0 atom stereocenters. The molecule has 75 heavy (non-hydrogen) atoms. The number of para-hydroxylation sites is 3. The van der Waals surface area contributed by atoms with Gasteiger partial charge in [0, 0.05) is 39.5 Å². The van der Waals surface area contributed by atoms with Gasteiger partial charge in [0.15, 0.2) is 0 Å². The number of hydrogen-bond donors (Lipinski definition) is 0. The zero-order valence-electron chi connectivity index (χ0n) is 50.6. The van der Waals surface area contributed by atoms with Gasteiger partial charge in [-0.25, -0.2) is 34.9 Å². The van der Waals surface area contributed by atoms with E-state index in [4.69, 9.17) is 0 Å². The van der Waals surface area contributed by atoms with Crippen LogP contribution in [0.5, 0.6) is 0 Å². The van der Waals surface area contributed by atoms with Gasteiger partial charge in [0.1, 0.15) is 30.7 Å². The highest BCUT2D eigenvalue weighted by atomic mass is 32.1. The Bertz CT molecular complexity index is 2450. The van der Waals surface area contributed by atoms with E-state index in [0.29, 0.717) is 0 Å². The van der Waals surface area contributed by atoms with Gasteiger partial charge in [-0.05, 0) is 60.7 Å². The summed E-state index contributed by atoms with van der Waals surface area (Å²) in [6.07, 6.45) is 3.62. The molecule has 0 N–H and O–H groups in total. The molecule has 0 aliphatic carbocycles. The van der Waals surface area contributed by atoms with Crippen LogP contribution >= 0.6 is 56.7 Å². The smallest absolute Gasteiger partial charge is 0.143 e. The Balaban J connectivity index is 0.000000449. The van der Waals surface area contributed by atoms with Crippen molar-refractivity contribution in [3.8, 4) is 0 Å². The Hall–Kier alpha value is -4.59. The first-order chi connectivity index (χ1) is 35.4. The quantitative estimate of drug-likeness (QED) is 0.149. The number of nitrogens with zero attached hydrogens (tertiary/aromatic N) is 7. The van der Waals surface area contributed by atoms with Crippen molar-refractivity contribution in [3.05, 3.63) is 134 Å². The molecule has 12 heteroatoms. The number of hydrogen-bond acceptors (Lipinski definition) is 12. The average Bonchev–Trinajstić information content (AvgIpc) is 4.25. The molecule has 0 bridgehead atoms. The summed E-state index contributed by atoms with van der Waals surface area (Å²) in [5, 5.41) is 5.96. The zero-order chi connectivity index (χ0) is 57.4. The van der Waals surface area contributed by atoms with E-state index in [-0.39, 0.29) is 27.1 Å². The van der Waals surface area contributed by atoms with Crippen molar-refractivity contribution in [2.75, 3.05) is 0 Å². The second-order valence-electron chi connectivity index (χ2n) is 20.9. The van der Waals surface area contributed by atoms with Crippen molar-refractivity contribution in [1.29, 1.82) is 0 Å². The third-order valence-corrected chi connectivity index (χ3v) is 16.6. The number of benzene rings is 3. The van der Waals surface area contributed by atoms with Crippen molar-refractivity contribution >= 4 is 108 Å². The van der Waals surface area contributed by atoms with Crippen LogP contribution in [-0.2, 0) is 27.1 Å². The Labute approximate surface area is 474 Å². The van der Waals surface area contributed by atoms with E-state index in [9.17, 15) is 0 Å². The standard InChI is InChI=1S/3C11H13NS.2C10H12N2S.5C2H6/c3*1-11(2,3)10-12-8-6-4-5-7-9(8)13-10;2*1-10(2,3)9-12-7-5-4-6-11-8(7)13-9;5*1-2/h3*4-7H,1-3H3;2*4-6H,1-3H3;5*1-2H3. The third kappa shape index (κ3) is 21.8. The number of thiazole rings is 5. The highest BCUT2D eigenvalue weighted by Gasteiger charge is 2.22. The monoisotopic (exact) mass is 1110 g/mol. The van der Waals surface area contributed by atoms with Crippen LogP contribution in [0.15, 0.2) is 109 Å². The van der Waals surface area contributed by atoms with Crippen LogP contribution in [-0.4, -0.2) is 34.9 Å². The minimum absolute atomic E-state index is 0.130. The maximum atomic E-state index is 4.60. The lowest BCUT2D eigenvalue weighted by molar-refractivity contribution is 0.586. The van der Waals surface area contributed by atoms with E-state index < -0.39 is 0 Å². The molecule has 410 valence electrons. The van der Waals surface area contributed by atoms with E-state index in [1.54, 1.807) is 56.7 Å². The van der Waals surface area contributed by atoms with Crippen LogP contribution in [0, 0.1) is 0 Å². The minimum Gasteiger partial charge on any atom is -0.244 e. The molecule has 7 nitrogen and oxygen atoms in total. The second kappa shape index (κ2) is 32.2. The van der Waals surface area contributed by atoms with Crippen LogP contribution in [0.2, 0.25) is 0 Å². The summed E-state index contributed by atoms with van der Waals surface area (Å²) in [5.41, 5.74) is 6.16. The first-order valence-electron chi connectivity index (χ1n) is 26.9. The SMILES string of the molecule is CC.CC.CC.CC.CC.CC(C)(C)c1nc2ccccc2s1.CC(C)(C)c1nc2ccccc2s1.CC(C)(C)c1nc2ccccc2s1.CC(C)(C)c1nc2cccnc2s1.CC(C)(C)c1nc2cccnc2s1. The second-order valence-corrected chi connectivity index (χ2v) is 26.0. The number of fused-ring (bicyclic) bond motifs is 5. The van der Waals surface area contributed by atoms with Crippen molar-refractivity contribution in [1.82, 2.24) is 34.9 Å². The molecule has 10 rings (SSSR count). The summed E-state index contributed by atoms with van der Waals surface area (Å²) in [4.78, 5) is 33.5. The van der Waals surface area contributed by atoms with Crippen LogP contribution in [0.4, 0.5) is 0 Å². The molecule has 0 aliphatic heterocycles. The number of rotatable bonds is 0. The lowest BCUT2D eigenvalue weighted by Gasteiger charge is -2.13. The van der Waals surface area contributed by atoms with Crippen LogP contribution in [0.25, 0.3) is 51.3 Å². The normalized spacial score (nSPS) is 11.0. The van der Waals surface area contributed by atoms with Gasteiger partial charge in [-0.15, -0.1) is 34.0 Å². The first-order valence-corrected chi connectivity index (χ1v) is 31.0. The Kier molecular flexibility index (Phi) is 29.4. The van der Waals surface area contributed by atoms with Crippen molar-refractivity contribution in [3.63, 3.8) is 0 Å². The Morgan fingerprint density at radius 3 is 0.667 bits per heavy atom. The summed E-state index contributed by atoms with van der Waals surface area (Å²) < 4.78 is 3.85. The Morgan fingerprint density at radius 1 is 0.253 bits per heavy atom. The van der Waals surface area contributed by atoms with Crippen molar-refractivity contribution < 1.29 is 0 Å². The summed E-state index contributed by atoms with van der Waals surface area (Å²) in [6.45, 7) is 52.8. The predicted octanol–water partition coefficient (Wildman–Crippen LogP) is 21.9. The summed E-state index contributed by atoms with van der Waals surface area (Å²) in [7, 11) is 0. The summed E-state index contributed by atoms with van der Waals surface area (Å²) in [6, 6.07) is 32.8. The maximum absolute atomic E-state index is 4.60. The maximum Gasteiger partial charge on any atom is 0.143 e. The van der Waals surface area contributed by atoms with Crippen LogP contribution in [0.1, 0.15) is 198 Å². The minimum atomic E-state index is 0.130. The topological polar surface area (TPSA) is 90.2 Å². The fourth-order valence-electron chi connectivity index (χ4n) is 5.76. The molecule has 0 fully saturated rings. The molecule has 7 aromatic heterocycles. The van der Waals surface area contributed by atoms with E-state index >= 15 is 0 Å². The van der Waals surface area contributed by atoms with Crippen LogP contribution < -0.4 is 0 Å². The van der Waals surface area contributed by atoms with E-state index in [1.807, 2.05) is 124 Å². The highest BCUT2D eigenvalue weighted by Crippen LogP contribution is 2.34. The molecule has 0 radical (unpaired) electrons. The van der Waals surface area contributed by atoms with Gasteiger partial charge < -0.3 is 0 Å². The predicted molar refractivity (Wildman–Crippen MR) is 344 cm³/mol. The van der Waals surface area contributed by atoms with E-state index in [1.165, 1.54) is 29.1 Å². The molecule has 3 aromatic carbocycles. The van der Waals surface area contributed by atoms with Crippen molar-refractivity contribution in [2.45, 2.75) is 200 Å². The van der Waals surface area contributed by atoms with Crippen LogP contribution in [0.3, 0.4) is 0 Å². The molecule has 0 amide bonds. The van der Waals surface area contributed by atoms with Gasteiger partial charge in [0.05, 0.1) is 45.7 Å². The van der Waals surface area contributed by atoms with Gasteiger partial charge in [-0.2, -0.15) is 0 Å². The van der Waals surface area contributed by atoms with E-state index in [0.717, 1.165) is 47.3 Å². The number of pyridine rings is 2. The van der Waals surface area contributed by atoms with Gasteiger partial charge >= 0.3 is 0 Å². The molecule has 0 spiro atoms. The lowest BCUT2D eigenvalue weighted by atomic mass is 9.98. The van der Waals surface area contributed by atoms with Gasteiger partial charge in [0.25, 0.3) is 0 Å². The molecule has 0 aliphatic rings. The fraction of sp³-hybridized carbons (Fsp3) is 0.476. The van der Waals surface area contributed by atoms with Gasteiger partial charge in [-0.3, -0.25) is 0 Å². The molecule has 0 saturated carbocycles. The van der Waals surface area contributed by atoms with Gasteiger partial charge in [-0.1, -0.05) is 232 Å². The van der Waals surface area contributed by atoms with Gasteiger partial charge in [0.2, 0.25) is 0 Å². The lowest BCUT2D eigenvalue weighted by Crippen LogP contribution is -2.09. The summed E-state index contributed by atoms with van der Waals surface area (Å²) in [5.74, 6) is 0. The fourth-order valence-corrected chi connectivity index (χ4v) is 10.8. The highest BCUT2D eigenvalue weighted by molar-refractivity contribution is 7.19. The average molecular weight is 1110 g/mol.